The lowest BCUT2D eigenvalue weighted by atomic mass is 9.87. The number of likely N-dealkylation sites (tertiary alicyclic amines) is 1. The Bertz CT molecular complexity index is 993. The summed E-state index contributed by atoms with van der Waals surface area (Å²) in [4.78, 5) is 2.54. The number of allylic oxidation sites excluding steroid dienone is 1. The van der Waals surface area contributed by atoms with Crippen LogP contribution in [-0.2, 0) is 0 Å². The molecule has 1 fully saturated rings. The molecule has 1 aliphatic heterocycles. The number of hydrogen-bond acceptors (Lipinski definition) is 2. The van der Waals surface area contributed by atoms with Crippen molar-refractivity contribution in [2.45, 2.75) is 58.4 Å². The minimum absolute atomic E-state index is 0.454. The van der Waals surface area contributed by atoms with E-state index in [0.717, 1.165) is 18.8 Å². The van der Waals surface area contributed by atoms with E-state index in [1.165, 1.54) is 73.0 Å². The van der Waals surface area contributed by atoms with E-state index in [1.54, 1.807) is 0 Å². The number of benzene rings is 3. The Balaban J connectivity index is 1.69. The van der Waals surface area contributed by atoms with Gasteiger partial charge in [-0.15, -0.1) is 0 Å². The third-order valence-electron chi connectivity index (χ3n) is 6.89. The van der Waals surface area contributed by atoms with Crippen LogP contribution >= 0.6 is 0 Å². The van der Waals surface area contributed by atoms with Crippen molar-refractivity contribution in [3.63, 3.8) is 0 Å². The molecule has 1 aliphatic rings. The van der Waals surface area contributed by atoms with Gasteiger partial charge in [0.25, 0.3) is 0 Å². The first-order valence-corrected chi connectivity index (χ1v) is 13.1. The summed E-state index contributed by atoms with van der Waals surface area (Å²) in [5.74, 6) is 0.969. The van der Waals surface area contributed by atoms with Crippen molar-refractivity contribution in [1.29, 1.82) is 0 Å². The molecule has 34 heavy (non-hydrogen) atoms. The highest BCUT2D eigenvalue weighted by molar-refractivity contribution is 5.98. The molecule has 0 radical (unpaired) electrons. The Kier molecular flexibility index (Phi) is 8.98. The van der Waals surface area contributed by atoms with E-state index in [-0.39, 0.29) is 0 Å². The molecule has 2 heteroatoms. The van der Waals surface area contributed by atoms with Gasteiger partial charge in [-0.3, -0.25) is 4.90 Å². The molecule has 1 atom stereocenters. The molecule has 2 nitrogen and oxygen atoms in total. The number of ether oxygens (including phenoxy) is 1. The molecule has 0 spiro atoms. The SMILES string of the molecule is CCCCCC(=C(c1ccccc1)c1ccccc1)c1cccc(OCC(C)N2CCCC2)c1. The molecule has 0 aromatic heterocycles. The van der Waals surface area contributed by atoms with Gasteiger partial charge in [-0.25, -0.2) is 0 Å². The highest BCUT2D eigenvalue weighted by Crippen LogP contribution is 2.36. The normalized spacial score (nSPS) is 14.6. The maximum atomic E-state index is 6.32. The zero-order chi connectivity index (χ0) is 23.6. The topological polar surface area (TPSA) is 12.5 Å². The van der Waals surface area contributed by atoms with Crippen molar-refractivity contribution in [3.8, 4) is 5.75 Å². The highest BCUT2D eigenvalue weighted by atomic mass is 16.5. The summed E-state index contributed by atoms with van der Waals surface area (Å²) < 4.78 is 6.32. The smallest absolute Gasteiger partial charge is 0.119 e. The maximum absolute atomic E-state index is 6.32. The standard InChI is InChI=1S/C32H39NO/c1-3-4-7-21-31(32(27-15-8-5-9-16-27)28-17-10-6-11-18-28)29-19-14-20-30(24-29)34-25-26(2)33-22-12-13-23-33/h5-6,8-11,14-20,24,26H,3-4,7,12-13,21-23,25H2,1-2H3. The van der Waals surface area contributed by atoms with Crippen molar-refractivity contribution >= 4 is 11.1 Å². The van der Waals surface area contributed by atoms with Crippen LogP contribution in [0.25, 0.3) is 11.1 Å². The Labute approximate surface area is 206 Å². The van der Waals surface area contributed by atoms with Gasteiger partial charge in [0.15, 0.2) is 0 Å². The van der Waals surface area contributed by atoms with E-state index in [0.29, 0.717) is 6.04 Å². The zero-order valence-corrected chi connectivity index (χ0v) is 20.9. The molecule has 0 aliphatic carbocycles. The summed E-state index contributed by atoms with van der Waals surface area (Å²) in [6, 6.07) is 30.9. The molecule has 3 aromatic rings. The largest absolute Gasteiger partial charge is 0.492 e. The fourth-order valence-corrected chi connectivity index (χ4v) is 4.97. The quantitative estimate of drug-likeness (QED) is 0.215. The Morgan fingerprint density at radius 2 is 1.41 bits per heavy atom. The number of nitrogens with zero attached hydrogens (tertiary/aromatic N) is 1. The van der Waals surface area contributed by atoms with E-state index >= 15 is 0 Å². The average Bonchev–Trinajstić information content (AvgIpc) is 3.43. The Morgan fingerprint density at radius 1 is 0.794 bits per heavy atom. The van der Waals surface area contributed by atoms with Gasteiger partial charge in [0, 0.05) is 6.04 Å². The summed E-state index contributed by atoms with van der Waals surface area (Å²) in [6.07, 6.45) is 7.33. The van der Waals surface area contributed by atoms with Crippen LogP contribution in [0.5, 0.6) is 5.75 Å². The molecule has 4 rings (SSSR count). The van der Waals surface area contributed by atoms with Crippen LogP contribution in [0.15, 0.2) is 84.9 Å². The van der Waals surface area contributed by atoms with E-state index < -0.39 is 0 Å². The van der Waals surface area contributed by atoms with Crippen LogP contribution in [0.1, 0.15) is 69.1 Å². The first-order chi connectivity index (χ1) is 16.8. The van der Waals surface area contributed by atoms with Gasteiger partial charge in [-0.05, 0) is 85.7 Å². The van der Waals surface area contributed by atoms with Gasteiger partial charge in [-0.1, -0.05) is 92.6 Å². The first-order valence-electron chi connectivity index (χ1n) is 13.1. The molecule has 1 unspecified atom stereocenters. The van der Waals surface area contributed by atoms with Crippen LogP contribution in [0, 0.1) is 0 Å². The monoisotopic (exact) mass is 453 g/mol. The van der Waals surface area contributed by atoms with Crippen molar-refractivity contribution in [3.05, 3.63) is 102 Å². The fraction of sp³-hybridized carbons (Fsp3) is 0.375. The predicted octanol–water partition coefficient (Wildman–Crippen LogP) is 8.09. The number of rotatable bonds is 11. The Morgan fingerprint density at radius 3 is 2.03 bits per heavy atom. The zero-order valence-electron chi connectivity index (χ0n) is 20.9. The summed E-state index contributed by atoms with van der Waals surface area (Å²) in [5.41, 5.74) is 6.55. The highest BCUT2D eigenvalue weighted by Gasteiger charge is 2.19. The predicted molar refractivity (Wildman–Crippen MR) is 145 cm³/mol. The Hall–Kier alpha value is -2.84. The molecule has 1 heterocycles. The minimum atomic E-state index is 0.454. The molecule has 0 bridgehead atoms. The van der Waals surface area contributed by atoms with Crippen molar-refractivity contribution in [2.75, 3.05) is 19.7 Å². The average molecular weight is 454 g/mol. The van der Waals surface area contributed by atoms with Gasteiger partial charge in [0.1, 0.15) is 12.4 Å². The minimum Gasteiger partial charge on any atom is -0.492 e. The van der Waals surface area contributed by atoms with Crippen LogP contribution in [0.3, 0.4) is 0 Å². The third-order valence-corrected chi connectivity index (χ3v) is 6.89. The lowest BCUT2D eigenvalue weighted by Crippen LogP contribution is -2.34. The molecule has 0 saturated carbocycles. The van der Waals surface area contributed by atoms with Crippen LogP contribution in [0.4, 0.5) is 0 Å². The van der Waals surface area contributed by atoms with Crippen molar-refractivity contribution in [1.82, 2.24) is 4.90 Å². The fourth-order valence-electron chi connectivity index (χ4n) is 4.97. The summed E-state index contributed by atoms with van der Waals surface area (Å²) in [7, 11) is 0. The molecule has 178 valence electrons. The summed E-state index contributed by atoms with van der Waals surface area (Å²) in [5, 5.41) is 0. The van der Waals surface area contributed by atoms with Gasteiger partial charge in [0.2, 0.25) is 0 Å². The van der Waals surface area contributed by atoms with Crippen molar-refractivity contribution in [2.24, 2.45) is 0 Å². The third kappa shape index (κ3) is 6.39. The summed E-state index contributed by atoms with van der Waals surface area (Å²) >= 11 is 0. The lowest BCUT2D eigenvalue weighted by Gasteiger charge is -2.24. The van der Waals surface area contributed by atoms with Crippen LogP contribution < -0.4 is 4.74 Å². The van der Waals surface area contributed by atoms with E-state index in [1.807, 2.05) is 0 Å². The second-order valence-electron chi connectivity index (χ2n) is 9.47. The summed E-state index contributed by atoms with van der Waals surface area (Å²) in [6.45, 7) is 7.70. The van der Waals surface area contributed by atoms with Gasteiger partial charge in [0.05, 0.1) is 0 Å². The van der Waals surface area contributed by atoms with Crippen LogP contribution in [0.2, 0.25) is 0 Å². The lowest BCUT2D eigenvalue weighted by molar-refractivity contribution is 0.172. The van der Waals surface area contributed by atoms with Gasteiger partial charge < -0.3 is 4.74 Å². The van der Waals surface area contributed by atoms with E-state index in [9.17, 15) is 0 Å². The van der Waals surface area contributed by atoms with Crippen molar-refractivity contribution < 1.29 is 4.74 Å². The number of unbranched alkanes of at least 4 members (excludes halogenated alkanes) is 2. The molecular formula is C32H39NO. The van der Waals surface area contributed by atoms with E-state index in [4.69, 9.17) is 4.74 Å². The van der Waals surface area contributed by atoms with E-state index in [2.05, 4.69) is 104 Å². The van der Waals surface area contributed by atoms with Crippen LogP contribution in [-0.4, -0.2) is 30.6 Å². The molecule has 1 saturated heterocycles. The first kappa shape index (κ1) is 24.3. The van der Waals surface area contributed by atoms with Gasteiger partial charge >= 0.3 is 0 Å². The molecule has 0 amide bonds. The molecule has 0 N–H and O–H groups in total. The maximum Gasteiger partial charge on any atom is 0.119 e. The number of hydrogen-bond donors (Lipinski definition) is 0. The second-order valence-corrected chi connectivity index (χ2v) is 9.47. The molecule has 3 aromatic carbocycles. The second kappa shape index (κ2) is 12.6. The van der Waals surface area contributed by atoms with Gasteiger partial charge in [-0.2, -0.15) is 0 Å². The molecular weight excluding hydrogens is 414 g/mol.